The van der Waals surface area contributed by atoms with Crippen molar-refractivity contribution in [1.29, 1.82) is 0 Å². The Hall–Kier alpha value is -3.11. The van der Waals surface area contributed by atoms with Crippen molar-refractivity contribution < 1.29 is 4.39 Å². The van der Waals surface area contributed by atoms with E-state index in [-0.39, 0.29) is 17.3 Å². The fraction of sp³-hybridized carbons (Fsp3) is 0.105. The molecule has 0 saturated heterocycles. The van der Waals surface area contributed by atoms with Crippen LogP contribution in [-0.4, -0.2) is 22.9 Å². The summed E-state index contributed by atoms with van der Waals surface area (Å²) in [6.45, 7) is 7.33. The SMILES string of the molecule is [C-]#[N+]c1c(NC)nc(-c2ccc(F)cc2)n(-c2ccc(SC)cc2)c1=O. The maximum atomic E-state index is 13.3. The van der Waals surface area contributed by atoms with Crippen LogP contribution in [0.25, 0.3) is 21.9 Å². The van der Waals surface area contributed by atoms with Gasteiger partial charge in [-0.2, -0.15) is 0 Å². The highest BCUT2D eigenvalue weighted by Crippen LogP contribution is 2.27. The zero-order chi connectivity index (χ0) is 18.7. The first kappa shape index (κ1) is 17.7. The van der Waals surface area contributed by atoms with Gasteiger partial charge in [-0.3, -0.25) is 9.36 Å². The number of aromatic nitrogens is 2. The lowest BCUT2D eigenvalue weighted by Gasteiger charge is -2.15. The molecular weight excluding hydrogens is 351 g/mol. The van der Waals surface area contributed by atoms with Crippen molar-refractivity contribution in [2.24, 2.45) is 0 Å². The third kappa shape index (κ3) is 3.19. The minimum Gasteiger partial charge on any atom is -0.382 e. The first-order valence-corrected chi connectivity index (χ1v) is 8.94. The Balaban J connectivity index is 2.34. The Morgan fingerprint density at radius 2 is 1.81 bits per heavy atom. The number of hydrogen-bond donors (Lipinski definition) is 1. The van der Waals surface area contributed by atoms with Crippen LogP contribution in [0.15, 0.2) is 58.2 Å². The normalized spacial score (nSPS) is 10.4. The van der Waals surface area contributed by atoms with Crippen molar-refractivity contribution in [3.8, 4) is 17.1 Å². The fourth-order valence-electron chi connectivity index (χ4n) is 2.55. The molecule has 0 aliphatic carbocycles. The second kappa shape index (κ2) is 7.42. The van der Waals surface area contributed by atoms with E-state index in [0.717, 1.165) is 4.90 Å². The van der Waals surface area contributed by atoms with Gasteiger partial charge in [-0.25, -0.2) is 14.2 Å². The molecule has 3 rings (SSSR count). The Bertz CT molecular complexity index is 1040. The maximum absolute atomic E-state index is 13.3. The number of halogens is 1. The number of thioether (sulfide) groups is 1. The van der Waals surface area contributed by atoms with Crippen molar-refractivity contribution in [2.45, 2.75) is 4.90 Å². The van der Waals surface area contributed by atoms with Gasteiger partial charge in [0, 0.05) is 23.2 Å². The molecule has 0 aliphatic heterocycles. The molecule has 0 spiro atoms. The number of anilines is 1. The van der Waals surface area contributed by atoms with Gasteiger partial charge in [0.2, 0.25) is 0 Å². The number of hydrogen-bond acceptors (Lipinski definition) is 4. The molecule has 2 aromatic carbocycles. The third-order valence-corrected chi connectivity index (χ3v) is 4.58. The second-order valence-electron chi connectivity index (χ2n) is 5.34. The minimum atomic E-state index is -0.476. The molecule has 1 aromatic heterocycles. The summed E-state index contributed by atoms with van der Waals surface area (Å²) >= 11 is 1.59. The maximum Gasteiger partial charge on any atom is 0.291 e. The van der Waals surface area contributed by atoms with E-state index in [9.17, 15) is 9.18 Å². The van der Waals surface area contributed by atoms with Crippen LogP contribution >= 0.6 is 11.8 Å². The van der Waals surface area contributed by atoms with Crippen LogP contribution in [0.1, 0.15) is 0 Å². The number of rotatable bonds is 4. The summed E-state index contributed by atoms with van der Waals surface area (Å²) in [6, 6.07) is 13.1. The lowest BCUT2D eigenvalue weighted by Crippen LogP contribution is -2.22. The predicted octanol–water partition coefficient (Wildman–Crippen LogP) is 4.35. The van der Waals surface area contributed by atoms with Gasteiger partial charge in [0.15, 0.2) is 0 Å². The van der Waals surface area contributed by atoms with Crippen molar-refractivity contribution >= 4 is 23.3 Å². The lowest BCUT2D eigenvalue weighted by atomic mass is 10.2. The summed E-state index contributed by atoms with van der Waals surface area (Å²) in [6.07, 6.45) is 1.96. The van der Waals surface area contributed by atoms with Crippen molar-refractivity contribution in [3.05, 3.63) is 76.1 Å². The average Bonchev–Trinajstić information content (AvgIpc) is 2.68. The van der Waals surface area contributed by atoms with Gasteiger partial charge in [0.25, 0.3) is 11.2 Å². The van der Waals surface area contributed by atoms with Crippen molar-refractivity contribution in [2.75, 3.05) is 18.6 Å². The standard InChI is InChI=1S/C19H15FN4OS/c1-21-16-17(22-2)23-18(12-4-6-13(20)7-5-12)24(19(16)25)14-8-10-15(26-3)11-9-14/h4-11,22H,2-3H3. The Morgan fingerprint density at radius 3 is 2.35 bits per heavy atom. The highest BCUT2D eigenvalue weighted by Gasteiger charge is 2.18. The van der Waals surface area contributed by atoms with E-state index in [1.807, 2.05) is 18.4 Å². The van der Waals surface area contributed by atoms with Crippen LogP contribution in [0.3, 0.4) is 0 Å². The quantitative estimate of drug-likeness (QED) is 0.551. The smallest absolute Gasteiger partial charge is 0.291 e. The van der Waals surface area contributed by atoms with Gasteiger partial charge in [-0.05, 0) is 54.8 Å². The van der Waals surface area contributed by atoms with E-state index >= 15 is 0 Å². The monoisotopic (exact) mass is 366 g/mol. The fourth-order valence-corrected chi connectivity index (χ4v) is 2.96. The Labute approximate surface area is 154 Å². The summed E-state index contributed by atoms with van der Waals surface area (Å²) in [5.41, 5.74) is 0.598. The van der Waals surface area contributed by atoms with E-state index in [2.05, 4.69) is 15.1 Å². The molecule has 0 atom stereocenters. The van der Waals surface area contributed by atoms with Crippen LogP contribution in [0.4, 0.5) is 15.9 Å². The van der Waals surface area contributed by atoms with Crippen molar-refractivity contribution in [1.82, 2.24) is 9.55 Å². The second-order valence-corrected chi connectivity index (χ2v) is 6.22. The van der Waals surface area contributed by atoms with Gasteiger partial charge in [-0.1, -0.05) is 0 Å². The summed E-state index contributed by atoms with van der Waals surface area (Å²) in [5, 5.41) is 2.79. The molecule has 1 heterocycles. The molecule has 0 unspecified atom stereocenters. The molecule has 5 nitrogen and oxygen atoms in total. The van der Waals surface area contributed by atoms with Gasteiger partial charge in [-0.15, -0.1) is 11.8 Å². The van der Waals surface area contributed by atoms with Gasteiger partial charge in [0.1, 0.15) is 17.5 Å². The lowest BCUT2D eigenvalue weighted by molar-refractivity contribution is 0.628. The molecule has 7 heteroatoms. The number of benzene rings is 2. The molecule has 0 amide bonds. The van der Waals surface area contributed by atoms with E-state index in [1.54, 1.807) is 43.1 Å². The highest BCUT2D eigenvalue weighted by molar-refractivity contribution is 7.98. The Kier molecular flexibility index (Phi) is 5.05. The molecule has 0 bridgehead atoms. The Morgan fingerprint density at radius 1 is 1.15 bits per heavy atom. The first-order chi connectivity index (χ1) is 12.6. The third-order valence-electron chi connectivity index (χ3n) is 3.84. The van der Waals surface area contributed by atoms with E-state index < -0.39 is 5.56 Å². The molecule has 0 radical (unpaired) electrons. The van der Waals surface area contributed by atoms with Gasteiger partial charge in [0.05, 0.1) is 6.57 Å². The minimum absolute atomic E-state index is 0.0905. The summed E-state index contributed by atoms with van der Waals surface area (Å²) in [4.78, 5) is 21.8. The van der Waals surface area contributed by atoms with Gasteiger partial charge >= 0.3 is 0 Å². The van der Waals surface area contributed by atoms with Crippen LogP contribution in [0.5, 0.6) is 0 Å². The molecule has 130 valence electrons. The zero-order valence-electron chi connectivity index (χ0n) is 14.2. The highest BCUT2D eigenvalue weighted by atomic mass is 32.2. The van der Waals surface area contributed by atoms with Gasteiger partial charge < -0.3 is 5.32 Å². The molecule has 0 aliphatic rings. The average molecular weight is 366 g/mol. The summed E-state index contributed by atoms with van der Waals surface area (Å²) in [5.74, 6) is 0.156. The molecule has 0 fully saturated rings. The summed E-state index contributed by atoms with van der Waals surface area (Å²) < 4.78 is 14.7. The van der Waals surface area contributed by atoms with Crippen LogP contribution in [-0.2, 0) is 0 Å². The molecule has 3 aromatic rings. The molecular formula is C19H15FN4OS. The van der Waals surface area contributed by atoms with Crippen LogP contribution in [0, 0.1) is 12.4 Å². The molecule has 0 saturated carbocycles. The number of nitrogens with zero attached hydrogens (tertiary/aromatic N) is 3. The van der Waals surface area contributed by atoms with Crippen LogP contribution in [0.2, 0.25) is 0 Å². The van der Waals surface area contributed by atoms with Crippen molar-refractivity contribution in [3.63, 3.8) is 0 Å². The topological polar surface area (TPSA) is 51.3 Å². The summed E-state index contributed by atoms with van der Waals surface area (Å²) in [7, 11) is 1.60. The number of nitrogens with one attached hydrogen (secondary N) is 1. The van der Waals surface area contributed by atoms with E-state index in [1.165, 1.54) is 16.7 Å². The molecule has 26 heavy (non-hydrogen) atoms. The van der Waals surface area contributed by atoms with E-state index in [0.29, 0.717) is 17.1 Å². The first-order valence-electron chi connectivity index (χ1n) is 7.71. The molecule has 1 N–H and O–H groups in total. The largest absolute Gasteiger partial charge is 0.382 e. The zero-order valence-corrected chi connectivity index (χ0v) is 15.0. The van der Waals surface area contributed by atoms with Crippen LogP contribution < -0.4 is 10.9 Å². The predicted molar refractivity (Wildman–Crippen MR) is 103 cm³/mol. The van der Waals surface area contributed by atoms with E-state index in [4.69, 9.17) is 6.57 Å².